The number of carbonyl (C=O) groups is 1. The van der Waals surface area contributed by atoms with Gasteiger partial charge in [0.05, 0.1) is 17.5 Å². The number of fused-ring (bicyclic) bond motifs is 1. The van der Waals surface area contributed by atoms with Crippen molar-refractivity contribution in [2.45, 2.75) is 6.42 Å². The number of nitrogens with one attached hydrogen (secondary N) is 1. The number of hydrogen-bond acceptors (Lipinski definition) is 2. The van der Waals surface area contributed by atoms with Crippen LogP contribution in [-0.4, -0.2) is 21.0 Å². The second kappa shape index (κ2) is 3.83. The Kier molecular flexibility index (Phi) is 2.67. The molecule has 0 aliphatic rings. The lowest BCUT2D eigenvalue weighted by Gasteiger charge is -2.00. The molecule has 1 aromatic carbocycles. The van der Waals surface area contributed by atoms with Crippen molar-refractivity contribution in [3.8, 4) is 0 Å². The van der Waals surface area contributed by atoms with Crippen molar-refractivity contribution >= 4 is 44.5 Å². The summed E-state index contributed by atoms with van der Waals surface area (Å²) in [5.41, 5.74) is 2.13. The van der Waals surface area contributed by atoms with E-state index in [0.29, 0.717) is 16.4 Å². The summed E-state index contributed by atoms with van der Waals surface area (Å²) in [6, 6.07) is 3.47. The molecule has 0 radical (unpaired) electrons. The van der Waals surface area contributed by atoms with Crippen LogP contribution in [0.3, 0.4) is 0 Å². The zero-order valence-corrected chi connectivity index (χ0v) is 9.76. The lowest BCUT2D eigenvalue weighted by atomic mass is 10.1. The standard InChI is InChI=1S/C9H6BrClN2O2/c10-5-3-7-6(12-9(11)13-7)1-4(5)2-8(14)15/h1,3H,2H2,(H,12,13)(H,14,15). The number of hydrogen-bond donors (Lipinski definition) is 2. The van der Waals surface area contributed by atoms with Gasteiger partial charge in [-0.25, -0.2) is 4.98 Å². The molecule has 0 aliphatic carbocycles. The van der Waals surface area contributed by atoms with E-state index in [-0.39, 0.29) is 6.42 Å². The number of aliphatic carboxylic acids is 1. The second-order valence-corrected chi connectivity index (χ2v) is 4.27. The van der Waals surface area contributed by atoms with E-state index in [2.05, 4.69) is 25.9 Å². The summed E-state index contributed by atoms with van der Waals surface area (Å²) in [6.45, 7) is 0. The Bertz CT molecular complexity index is 538. The van der Waals surface area contributed by atoms with Crippen LogP contribution in [-0.2, 0) is 11.2 Å². The van der Waals surface area contributed by atoms with Crippen LogP contribution >= 0.6 is 27.5 Å². The average molecular weight is 290 g/mol. The lowest BCUT2D eigenvalue weighted by molar-refractivity contribution is -0.136. The number of aromatic nitrogens is 2. The van der Waals surface area contributed by atoms with Gasteiger partial charge in [-0.1, -0.05) is 15.9 Å². The van der Waals surface area contributed by atoms with E-state index in [0.717, 1.165) is 9.99 Å². The summed E-state index contributed by atoms with van der Waals surface area (Å²) < 4.78 is 0.723. The van der Waals surface area contributed by atoms with Crippen molar-refractivity contribution < 1.29 is 9.90 Å². The number of nitrogens with zero attached hydrogens (tertiary/aromatic N) is 1. The number of benzene rings is 1. The number of H-pyrrole nitrogens is 1. The summed E-state index contributed by atoms with van der Waals surface area (Å²) in [5.74, 6) is -0.874. The molecule has 0 amide bonds. The Hall–Kier alpha value is -1.07. The van der Waals surface area contributed by atoms with Gasteiger partial charge >= 0.3 is 5.97 Å². The first-order valence-electron chi connectivity index (χ1n) is 4.11. The van der Waals surface area contributed by atoms with Crippen LogP contribution in [0.15, 0.2) is 16.6 Å². The van der Waals surface area contributed by atoms with Crippen LogP contribution < -0.4 is 0 Å². The van der Waals surface area contributed by atoms with Gasteiger partial charge in [0.25, 0.3) is 0 Å². The highest BCUT2D eigenvalue weighted by molar-refractivity contribution is 9.10. The maximum absolute atomic E-state index is 10.6. The van der Waals surface area contributed by atoms with Crippen LogP contribution in [0.5, 0.6) is 0 Å². The maximum Gasteiger partial charge on any atom is 0.307 e. The Morgan fingerprint density at radius 3 is 3.00 bits per heavy atom. The second-order valence-electron chi connectivity index (χ2n) is 3.06. The van der Waals surface area contributed by atoms with Crippen molar-refractivity contribution in [2.75, 3.05) is 0 Å². The fraction of sp³-hybridized carbons (Fsp3) is 0.111. The first-order chi connectivity index (χ1) is 7.06. The Labute approximate surface area is 98.4 Å². The van der Waals surface area contributed by atoms with Crippen molar-refractivity contribution in [1.82, 2.24) is 9.97 Å². The molecular formula is C9H6BrClN2O2. The van der Waals surface area contributed by atoms with Crippen LogP contribution in [0.4, 0.5) is 0 Å². The Morgan fingerprint density at radius 1 is 1.60 bits per heavy atom. The van der Waals surface area contributed by atoms with E-state index in [1.807, 2.05) is 0 Å². The summed E-state index contributed by atoms with van der Waals surface area (Å²) in [5, 5.41) is 8.99. The molecule has 0 unspecified atom stereocenters. The van der Waals surface area contributed by atoms with Crippen molar-refractivity contribution in [1.29, 1.82) is 0 Å². The fourth-order valence-electron chi connectivity index (χ4n) is 1.34. The molecule has 0 saturated heterocycles. The largest absolute Gasteiger partial charge is 0.481 e. The summed E-state index contributed by atoms with van der Waals surface area (Å²) >= 11 is 8.99. The number of carboxylic acid groups (broad SMARTS) is 1. The molecule has 0 fully saturated rings. The fourth-order valence-corrected chi connectivity index (χ4v) is 2.01. The third kappa shape index (κ3) is 2.13. The zero-order valence-electron chi connectivity index (χ0n) is 7.42. The van der Waals surface area contributed by atoms with Crippen molar-refractivity contribution in [3.05, 3.63) is 27.5 Å². The van der Waals surface area contributed by atoms with E-state index in [9.17, 15) is 4.79 Å². The van der Waals surface area contributed by atoms with Gasteiger partial charge in [0.1, 0.15) is 0 Å². The minimum absolute atomic E-state index is 0.0346. The molecule has 0 spiro atoms. The van der Waals surface area contributed by atoms with Crippen LogP contribution in [0, 0.1) is 0 Å². The number of halogens is 2. The Balaban J connectivity index is 2.55. The van der Waals surface area contributed by atoms with Crippen LogP contribution in [0.2, 0.25) is 5.28 Å². The Morgan fingerprint density at radius 2 is 2.33 bits per heavy atom. The molecule has 0 aliphatic heterocycles. The van der Waals surface area contributed by atoms with Gasteiger partial charge in [0.15, 0.2) is 0 Å². The predicted molar refractivity (Wildman–Crippen MR) is 60.1 cm³/mol. The molecule has 2 N–H and O–H groups in total. The van der Waals surface area contributed by atoms with E-state index >= 15 is 0 Å². The highest BCUT2D eigenvalue weighted by Gasteiger charge is 2.09. The molecule has 0 atom stereocenters. The van der Waals surface area contributed by atoms with Gasteiger partial charge in [-0.05, 0) is 29.3 Å². The summed E-state index contributed by atoms with van der Waals surface area (Å²) in [7, 11) is 0. The summed E-state index contributed by atoms with van der Waals surface area (Å²) in [4.78, 5) is 17.5. The van der Waals surface area contributed by atoms with Gasteiger partial charge in [-0.15, -0.1) is 0 Å². The molecule has 15 heavy (non-hydrogen) atoms. The third-order valence-electron chi connectivity index (χ3n) is 1.96. The monoisotopic (exact) mass is 288 g/mol. The number of rotatable bonds is 2. The zero-order chi connectivity index (χ0) is 11.0. The summed E-state index contributed by atoms with van der Waals surface area (Å²) in [6.07, 6.45) is -0.0346. The molecule has 0 bridgehead atoms. The van der Waals surface area contributed by atoms with E-state index < -0.39 is 5.97 Å². The predicted octanol–water partition coefficient (Wildman–Crippen LogP) is 2.61. The minimum Gasteiger partial charge on any atom is -0.481 e. The van der Waals surface area contributed by atoms with E-state index in [4.69, 9.17) is 16.7 Å². The van der Waals surface area contributed by atoms with Gasteiger partial charge in [-0.3, -0.25) is 4.79 Å². The third-order valence-corrected chi connectivity index (χ3v) is 2.88. The quantitative estimate of drug-likeness (QED) is 0.893. The molecule has 2 aromatic rings. The highest BCUT2D eigenvalue weighted by atomic mass is 79.9. The first-order valence-corrected chi connectivity index (χ1v) is 5.29. The maximum atomic E-state index is 10.6. The first kappa shape index (κ1) is 10.4. The lowest BCUT2D eigenvalue weighted by Crippen LogP contribution is -2.00. The number of aromatic amines is 1. The van der Waals surface area contributed by atoms with E-state index in [1.54, 1.807) is 12.1 Å². The highest BCUT2D eigenvalue weighted by Crippen LogP contribution is 2.24. The molecule has 4 nitrogen and oxygen atoms in total. The van der Waals surface area contributed by atoms with Crippen LogP contribution in [0.25, 0.3) is 11.0 Å². The SMILES string of the molecule is O=C(O)Cc1cc2[nH]c(Cl)nc2cc1Br. The molecule has 1 aromatic heterocycles. The number of carboxylic acids is 1. The molecule has 0 saturated carbocycles. The van der Waals surface area contributed by atoms with Gasteiger partial charge < -0.3 is 10.1 Å². The molecule has 2 rings (SSSR count). The van der Waals surface area contributed by atoms with Crippen molar-refractivity contribution in [3.63, 3.8) is 0 Å². The molecular weight excluding hydrogens is 283 g/mol. The van der Waals surface area contributed by atoms with Crippen LogP contribution in [0.1, 0.15) is 5.56 Å². The molecule has 78 valence electrons. The number of imidazole rings is 1. The van der Waals surface area contributed by atoms with Gasteiger partial charge in [0, 0.05) is 4.47 Å². The van der Waals surface area contributed by atoms with Gasteiger partial charge in [0.2, 0.25) is 5.28 Å². The topological polar surface area (TPSA) is 66.0 Å². The van der Waals surface area contributed by atoms with E-state index in [1.165, 1.54) is 0 Å². The molecule has 1 heterocycles. The normalized spacial score (nSPS) is 10.8. The van der Waals surface area contributed by atoms with Crippen molar-refractivity contribution in [2.24, 2.45) is 0 Å². The smallest absolute Gasteiger partial charge is 0.307 e. The minimum atomic E-state index is -0.874. The average Bonchev–Trinajstić information content (AvgIpc) is 2.44. The van der Waals surface area contributed by atoms with Gasteiger partial charge in [-0.2, -0.15) is 0 Å². The molecule has 6 heteroatoms.